The predicted molar refractivity (Wildman–Crippen MR) is 67.4 cm³/mol. The van der Waals surface area contributed by atoms with Gasteiger partial charge < -0.3 is 19.4 Å². The van der Waals surface area contributed by atoms with E-state index in [1.54, 1.807) is 0 Å². The van der Waals surface area contributed by atoms with E-state index >= 15 is 0 Å². The molecule has 1 rings (SSSR count). The van der Waals surface area contributed by atoms with Crippen LogP contribution in [0.4, 0.5) is 0 Å². The first-order valence-electron chi connectivity index (χ1n) is 6.08. The molecule has 0 bridgehead atoms. The number of carbonyl (C=O) groups is 1. The van der Waals surface area contributed by atoms with E-state index in [0.717, 1.165) is 31.8 Å². The predicted octanol–water partition coefficient (Wildman–Crippen LogP) is -1.78. The third-order valence-corrected chi connectivity index (χ3v) is 3.36. The number of hydrogen-bond donors (Lipinski definition) is 1. The number of quaternary nitrogens is 1. The molecule has 0 unspecified atom stereocenters. The molecule has 102 valence electrons. The smallest absolute Gasteiger partial charge is 0.191 e. The normalized spacial score (nSPS) is 11.1. The summed E-state index contributed by atoms with van der Waals surface area (Å²) in [4.78, 5) is 11.8. The second-order valence-electron chi connectivity index (χ2n) is 4.42. The van der Waals surface area contributed by atoms with Gasteiger partial charge in [-0.05, 0) is 6.42 Å². The monoisotopic (exact) mass is 272 g/mol. The van der Waals surface area contributed by atoms with E-state index in [1.807, 2.05) is 4.57 Å². The highest BCUT2D eigenvalue weighted by molar-refractivity contribution is 7.99. The van der Waals surface area contributed by atoms with E-state index in [4.69, 9.17) is 0 Å². The molecule has 6 nitrogen and oxygen atoms in total. The molecule has 1 heterocycles. The maximum atomic E-state index is 10.5. The van der Waals surface area contributed by atoms with Crippen LogP contribution in [-0.2, 0) is 17.8 Å². The van der Waals surface area contributed by atoms with Crippen LogP contribution in [-0.4, -0.2) is 47.1 Å². The summed E-state index contributed by atoms with van der Waals surface area (Å²) in [6.07, 6.45) is 1.86. The standard InChI is InChI=1S/C11H20N4O2S/c1-4-5-9-12-13-11(18-8-10(16)17)15(9)7-6-14(2)3/h4-8H2,1-3H3,(H,16,17). The minimum atomic E-state index is -1.08. The summed E-state index contributed by atoms with van der Waals surface area (Å²) in [5.41, 5.74) is 0. The lowest BCUT2D eigenvalue weighted by Gasteiger charge is -2.12. The summed E-state index contributed by atoms with van der Waals surface area (Å²) < 4.78 is 2.02. The second-order valence-corrected chi connectivity index (χ2v) is 5.36. The molecule has 18 heavy (non-hydrogen) atoms. The van der Waals surface area contributed by atoms with Gasteiger partial charge in [-0.2, -0.15) is 0 Å². The molecule has 0 aliphatic carbocycles. The van der Waals surface area contributed by atoms with Crippen LogP contribution in [0.3, 0.4) is 0 Å². The van der Waals surface area contributed by atoms with Crippen molar-refractivity contribution in [2.45, 2.75) is 31.5 Å². The molecule has 0 aromatic carbocycles. The van der Waals surface area contributed by atoms with Crippen molar-refractivity contribution in [3.8, 4) is 0 Å². The van der Waals surface area contributed by atoms with Crippen molar-refractivity contribution >= 4 is 17.7 Å². The molecule has 1 aromatic heterocycles. The number of rotatable bonds is 8. The Bertz CT molecular complexity index is 392. The Morgan fingerprint density at radius 2 is 2.17 bits per heavy atom. The van der Waals surface area contributed by atoms with E-state index in [2.05, 4.69) is 31.2 Å². The van der Waals surface area contributed by atoms with E-state index in [1.165, 1.54) is 16.7 Å². The van der Waals surface area contributed by atoms with Gasteiger partial charge in [0.05, 0.1) is 33.2 Å². The van der Waals surface area contributed by atoms with Crippen molar-refractivity contribution in [1.29, 1.82) is 0 Å². The van der Waals surface area contributed by atoms with Crippen molar-refractivity contribution in [3.05, 3.63) is 5.82 Å². The second kappa shape index (κ2) is 7.38. The lowest BCUT2D eigenvalue weighted by molar-refractivity contribution is -0.859. The SMILES string of the molecule is CCCc1nnc(SCC(=O)[O-])n1CC[NH+](C)C. The summed E-state index contributed by atoms with van der Waals surface area (Å²) >= 11 is 1.17. The minimum Gasteiger partial charge on any atom is -0.549 e. The summed E-state index contributed by atoms with van der Waals surface area (Å²) in [5.74, 6) is -0.233. The Hall–Kier alpha value is -1.08. The van der Waals surface area contributed by atoms with Crippen LogP contribution in [0.15, 0.2) is 5.16 Å². The van der Waals surface area contributed by atoms with Gasteiger partial charge in [0.25, 0.3) is 0 Å². The first-order valence-corrected chi connectivity index (χ1v) is 7.07. The maximum Gasteiger partial charge on any atom is 0.191 e. The quantitative estimate of drug-likeness (QED) is 0.566. The average Bonchev–Trinajstić information content (AvgIpc) is 2.66. The average molecular weight is 272 g/mol. The molecule has 0 aliphatic heterocycles. The summed E-state index contributed by atoms with van der Waals surface area (Å²) in [7, 11) is 4.16. The van der Waals surface area contributed by atoms with Crippen LogP contribution in [0.25, 0.3) is 0 Å². The van der Waals surface area contributed by atoms with Gasteiger partial charge in [-0.25, -0.2) is 0 Å². The van der Waals surface area contributed by atoms with Gasteiger partial charge in [0.15, 0.2) is 5.16 Å². The summed E-state index contributed by atoms with van der Waals surface area (Å²) in [6.45, 7) is 3.85. The van der Waals surface area contributed by atoms with Crippen molar-refractivity contribution in [3.63, 3.8) is 0 Å². The zero-order chi connectivity index (χ0) is 13.5. The minimum absolute atomic E-state index is 0.0842. The number of carbonyl (C=O) groups excluding carboxylic acids is 1. The Labute approximate surface area is 111 Å². The third kappa shape index (κ3) is 4.66. The fraction of sp³-hybridized carbons (Fsp3) is 0.727. The van der Waals surface area contributed by atoms with Crippen molar-refractivity contribution in [2.24, 2.45) is 0 Å². The number of nitrogens with zero attached hydrogens (tertiary/aromatic N) is 3. The zero-order valence-electron chi connectivity index (χ0n) is 11.1. The molecule has 1 aromatic rings. The molecule has 0 atom stereocenters. The van der Waals surface area contributed by atoms with Gasteiger partial charge in [0, 0.05) is 12.2 Å². The van der Waals surface area contributed by atoms with E-state index < -0.39 is 5.97 Å². The van der Waals surface area contributed by atoms with E-state index in [9.17, 15) is 9.90 Å². The first-order chi connectivity index (χ1) is 8.54. The van der Waals surface area contributed by atoms with E-state index in [-0.39, 0.29) is 5.75 Å². The first kappa shape index (κ1) is 15.0. The number of aliphatic carboxylic acids is 1. The van der Waals surface area contributed by atoms with Crippen LogP contribution < -0.4 is 10.0 Å². The van der Waals surface area contributed by atoms with Crippen LogP contribution in [0.2, 0.25) is 0 Å². The molecule has 0 fully saturated rings. The number of likely N-dealkylation sites (N-methyl/N-ethyl adjacent to an activating group) is 1. The largest absolute Gasteiger partial charge is 0.549 e. The Morgan fingerprint density at radius 3 is 2.72 bits per heavy atom. The van der Waals surface area contributed by atoms with Crippen LogP contribution >= 0.6 is 11.8 Å². The van der Waals surface area contributed by atoms with E-state index in [0.29, 0.717) is 5.16 Å². The fourth-order valence-electron chi connectivity index (χ4n) is 1.52. The third-order valence-electron chi connectivity index (χ3n) is 2.42. The highest BCUT2D eigenvalue weighted by Gasteiger charge is 2.12. The lowest BCUT2D eigenvalue weighted by Crippen LogP contribution is -3.06. The molecule has 7 heteroatoms. The number of aromatic nitrogens is 3. The molecule has 0 aliphatic rings. The number of thioether (sulfide) groups is 1. The van der Waals surface area contributed by atoms with Gasteiger partial charge in [0.1, 0.15) is 5.82 Å². The van der Waals surface area contributed by atoms with Crippen LogP contribution in [0.5, 0.6) is 0 Å². The number of carboxylic acid groups (broad SMARTS) is 1. The molecule has 0 saturated carbocycles. The highest BCUT2D eigenvalue weighted by Crippen LogP contribution is 2.16. The Balaban J connectivity index is 2.77. The molecular formula is C11H20N4O2S. The molecule has 1 N–H and O–H groups in total. The lowest BCUT2D eigenvalue weighted by atomic mass is 10.3. The molecule has 0 saturated heterocycles. The maximum absolute atomic E-state index is 10.5. The van der Waals surface area contributed by atoms with Crippen LogP contribution in [0, 0.1) is 0 Å². The Morgan fingerprint density at radius 1 is 1.44 bits per heavy atom. The molecule has 0 radical (unpaired) electrons. The topological polar surface area (TPSA) is 75.3 Å². The highest BCUT2D eigenvalue weighted by atomic mass is 32.2. The van der Waals surface area contributed by atoms with Crippen molar-refractivity contribution < 1.29 is 14.8 Å². The van der Waals surface area contributed by atoms with Crippen molar-refractivity contribution in [1.82, 2.24) is 14.8 Å². The molecule has 0 spiro atoms. The molecule has 0 amide bonds. The van der Waals surface area contributed by atoms with Gasteiger partial charge >= 0.3 is 0 Å². The summed E-state index contributed by atoms with van der Waals surface area (Å²) in [6, 6.07) is 0. The molecular weight excluding hydrogens is 252 g/mol. The Kier molecular flexibility index (Phi) is 6.14. The van der Waals surface area contributed by atoms with Crippen LogP contribution in [0.1, 0.15) is 19.2 Å². The van der Waals surface area contributed by atoms with Gasteiger partial charge in [-0.1, -0.05) is 18.7 Å². The number of hydrogen-bond acceptors (Lipinski definition) is 5. The van der Waals surface area contributed by atoms with Gasteiger partial charge in [0.2, 0.25) is 0 Å². The number of carboxylic acids is 1. The zero-order valence-corrected chi connectivity index (χ0v) is 11.9. The van der Waals surface area contributed by atoms with Gasteiger partial charge in [-0.3, -0.25) is 0 Å². The summed E-state index contributed by atoms with van der Waals surface area (Å²) in [5, 5.41) is 19.4. The van der Waals surface area contributed by atoms with Crippen molar-refractivity contribution in [2.75, 3.05) is 26.4 Å². The fourth-order valence-corrected chi connectivity index (χ4v) is 2.22. The van der Waals surface area contributed by atoms with Gasteiger partial charge in [-0.15, -0.1) is 10.2 Å². The number of nitrogens with one attached hydrogen (secondary N) is 1. The number of aryl methyl sites for hydroxylation is 1.